The van der Waals surface area contributed by atoms with Gasteiger partial charge in [0.05, 0.1) is 0 Å². The number of carboxylic acid groups (broad SMARTS) is 1. The molecule has 0 fully saturated rings. The van der Waals surface area contributed by atoms with Crippen LogP contribution in [0.15, 0.2) is 24.3 Å². The minimum atomic E-state index is -0.888. The number of rotatable bonds is 6. The van der Waals surface area contributed by atoms with Gasteiger partial charge in [0.15, 0.2) is 0 Å². The monoisotopic (exact) mass is 235 g/mol. The van der Waals surface area contributed by atoms with Gasteiger partial charge in [0, 0.05) is 5.69 Å². The van der Waals surface area contributed by atoms with Gasteiger partial charge >= 0.3 is 5.97 Å². The van der Waals surface area contributed by atoms with Gasteiger partial charge in [0.1, 0.15) is 5.54 Å². The first-order valence-corrected chi connectivity index (χ1v) is 6.12. The van der Waals surface area contributed by atoms with E-state index in [1.54, 1.807) is 6.92 Å². The molecule has 1 aromatic rings. The first kappa shape index (κ1) is 13.6. The molecule has 1 unspecified atom stereocenters. The maximum absolute atomic E-state index is 11.3. The second-order valence-corrected chi connectivity index (χ2v) is 4.57. The van der Waals surface area contributed by atoms with Crippen molar-refractivity contribution in [3.05, 3.63) is 29.8 Å². The molecule has 2 N–H and O–H groups in total. The van der Waals surface area contributed by atoms with Crippen LogP contribution in [-0.4, -0.2) is 16.6 Å². The van der Waals surface area contributed by atoms with Crippen LogP contribution in [0, 0.1) is 0 Å². The van der Waals surface area contributed by atoms with Gasteiger partial charge in [0.25, 0.3) is 0 Å². The molecule has 0 amide bonds. The van der Waals surface area contributed by atoms with Gasteiger partial charge in [0.2, 0.25) is 0 Å². The number of hydrogen-bond acceptors (Lipinski definition) is 2. The summed E-state index contributed by atoms with van der Waals surface area (Å²) in [5.74, 6) is -0.804. The molecule has 0 heterocycles. The van der Waals surface area contributed by atoms with E-state index in [0.717, 1.165) is 18.5 Å². The van der Waals surface area contributed by atoms with Crippen molar-refractivity contribution >= 4 is 11.7 Å². The number of aliphatic carboxylic acids is 1. The van der Waals surface area contributed by atoms with Crippen LogP contribution in [0.5, 0.6) is 0 Å². The Morgan fingerprint density at radius 1 is 1.41 bits per heavy atom. The Balaban J connectivity index is 2.89. The van der Waals surface area contributed by atoms with E-state index in [1.807, 2.05) is 31.2 Å². The standard InChI is InChI=1S/C14H21NO2/c1-4-9-14(3,13(16)17)15-12-8-6-7-11(5-2)10-12/h6-8,10,15H,4-5,9H2,1-3H3,(H,16,17). The third-order valence-electron chi connectivity index (χ3n) is 2.98. The van der Waals surface area contributed by atoms with Crippen LogP contribution in [0.1, 0.15) is 39.2 Å². The third kappa shape index (κ3) is 3.48. The average Bonchev–Trinajstić information content (AvgIpc) is 2.29. The highest BCUT2D eigenvalue weighted by atomic mass is 16.4. The van der Waals surface area contributed by atoms with Crippen LogP contribution in [0.2, 0.25) is 0 Å². The molecule has 3 heteroatoms. The molecule has 0 aliphatic rings. The third-order valence-corrected chi connectivity index (χ3v) is 2.98. The summed E-state index contributed by atoms with van der Waals surface area (Å²) in [5, 5.41) is 12.4. The number of benzene rings is 1. The largest absolute Gasteiger partial charge is 0.480 e. The summed E-state index contributed by atoms with van der Waals surface area (Å²) in [5.41, 5.74) is 1.20. The number of carboxylic acids is 1. The average molecular weight is 235 g/mol. The summed E-state index contributed by atoms with van der Waals surface area (Å²) >= 11 is 0. The lowest BCUT2D eigenvalue weighted by atomic mass is 9.95. The topological polar surface area (TPSA) is 49.3 Å². The van der Waals surface area contributed by atoms with Crippen LogP contribution < -0.4 is 5.32 Å². The minimum Gasteiger partial charge on any atom is -0.480 e. The van der Waals surface area contributed by atoms with E-state index in [4.69, 9.17) is 0 Å². The Morgan fingerprint density at radius 2 is 2.12 bits per heavy atom. The summed E-state index contributed by atoms with van der Waals surface area (Å²) in [6.45, 7) is 5.81. The van der Waals surface area contributed by atoms with Crippen LogP contribution in [0.25, 0.3) is 0 Å². The molecular weight excluding hydrogens is 214 g/mol. The van der Waals surface area contributed by atoms with Crippen LogP contribution >= 0.6 is 0 Å². The molecule has 94 valence electrons. The Morgan fingerprint density at radius 3 is 2.65 bits per heavy atom. The Labute approximate surface area is 103 Å². The van der Waals surface area contributed by atoms with Gasteiger partial charge in [-0.1, -0.05) is 32.4 Å². The van der Waals surface area contributed by atoms with Crippen molar-refractivity contribution in [2.24, 2.45) is 0 Å². The lowest BCUT2D eigenvalue weighted by Gasteiger charge is -2.27. The first-order valence-electron chi connectivity index (χ1n) is 6.12. The first-order chi connectivity index (χ1) is 8.01. The van der Waals surface area contributed by atoms with Crippen molar-refractivity contribution in [1.29, 1.82) is 0 Å². The van der Waals surface area contributed by atoms with Crippen molar-refractivity contribution in [3.8, 4) is 0 Å². The minimum absolute atomic E-state index is 0.610. The van der Waals surface area contributed by atoms with Crippen LogP contribution in [0.3, 0.4) is 0 Å². The zero-order chi connectivity index (χ0) is 12.9. The highest BCUT2D eigenvalue weighted by Crippen LogP contribution is 2.21. The SMILES string of the molecule is CCCC(C)(Nc1cccc(CC)c1)C(=O)O. The number of hydrogen-bond donors (Lipinski definition) is 2. The molecule has 17 heavy (non-hydrogen) atoms. The van der Waals surface area contributed by atoms with Crippen LogP contribution in [-0.2, 0) is 11.2 Å². The molecule has 3 nitrogen and oxygen atoms in total. The quantitative estimate of drug-likeness (QED) is 0.795. The van der Waals surface area contributed by atoms with Crippen LogP contribution in [0.4, 0.5) is 5.69 Å². The van der Waals surface area contributed by atoms with Crippen molar-refractivity contribution in [2.45, 2.75) is 45.6 Å². The van der Waals surface area contributed by atoms with E-state index >= 15 is 0 Å². The maximum atomic E-state index is 11.3. The zero-order valence-corrected chi connectivity index (χ0v) is 10.8. The van der Waals surface area contributed by atoms with Gasteiger partial charge < -0.3 is 10.4 Å². The van der Waals surface area contributed by atoms with Gasteiger partial charge in [-0.15, -0.1) is 0 Å². The molecule has 0 spiro atoms. The predicted octanol–water partition coefficient (Wildman–Crippen LogP) is 3.30. The van der Waals surface area contributed by atoms with E-state index in [0.29, 0.717) is 6.42 Å². The lowest BCUT2D eigenvalue weighted by molar-refractivity contribution is -0.141. The fourth-order valence-electron chi connectivity index (χ4n) is 1.91. The second kappa shape index (κ2) is 5.71. The predicted molar refractivity (Wildman–Crippen MR) is 70.4 cm³/mol. The smallest absolute Gasteiger partial charge is 0.329 e. The van der Waals surface area contributed by atoms with Gasteiger partial charge in [-0.25, -0.2) is 4.79 Å². The highest BCUT2D eigenvalue weighted by molar-refractivity contribution is 5.82. The molecule has 1 aromatic carbocycles. The molecule has 0 bridgehead atoms. The molecule has 0 aliphatic heterocycles. The maximum Gasteiger partial charge on any atom is 0.329 e. The summed E-state index contributed by atoms with van der Waals surface area (Å²) in [6.07, 6.45) is 2.40. The molecule has 0 aromatic heterocycles. The number of carbonyl (C=O) groups is 1. The molecular formula is C14H21NO2. The van der Waals surface area contributed by atoms with E-state index in [2.05, 4.69) is 12.2 Å². The second-order valence-electron chi connectivity index (χ2n) is 4.57. The summed E-state index contributed by atoms with van der Waals surface area (Å²) in [4.78, 5) is 11.3. The van der Waals surface area contributed by atoms with Crippen molar-refractivity contribution < 1.29 is 9.90 Å². The summed E-state index contributed by atoms with van der Waals surface area (Å²) < 4.78 is 0. The number of anilines is 1. The molecule has 0 radical (unpaired) electrons. The van der Waals surface area contributed by atoms with Gasteiger partial charge in [-0.2, -0.15) is 0 Å². The molecule has 1 rings (SSSR count). The van der Waals surface area contributed by atoms with E-state index in [1.165, 1.54) is 5.56 Å². The Bertz CT molecular complexity index is 390. The molecule has 0 saturated carbocycles. The number of nitrogens with one attached hydrogen (secondary N) is 1. The van der Waals surface area contributed by atoms with Gasteiger partial charge in [-0.05, 0) is 37.5 Å². The van der Waals surface area contributed by atoms with Crippen molar-refractivity contribution in [1.82, 2.24) is 0 Å². The fourth-order valence-corrected chi connectivity index (χ4v) is 1.91. The van der Waals surface area contributed by atoms with E-state index < -0.39 is 11.5 Å². The van der Waals surface area contributed by atoms with Gasteiger partial charge in [-0.3, -0.25) is 0 Å². The van der Waals surface area contributed by atoms with Crippen molar-refractivity contribution in [2.75, 3.05) is 5.32 Å². The van der Waals surface area contributed by atoms with E-state index in [-0.39, 0.29) is 0 Å². The summed E-state index contributed by atoms with van der Waals surface area (Å²) in [6, 6.07) is 7.92. The normalized spacial score (nSPS) is 14.1. The lowest BCUT2D eigenvalue weighted by Crippen LogP contribution is -2.43. The highest BCUT2D eigenvalue weighted by Gasteiger charge is 2.31. The zero-order valence-electron chi connectivity index (χ0n) is 10.8. The Kier molecular flexibility index (Phi) is 4.55. The van der Waals surface area contributed by atoms with Crippen molar-refractivity contribution in [3.63, 3.8) is 0 Å². The number of aryl methyl sites for hydroxylation is 1. The van der Waals surface area contributed by atoms with E-state index in [9.17, 15) is 9.90 Å². The Hall–Kier alpha value is -1.51. The molecule has 0 saturated heterocycles. The molecule has 0 aliphatic carbocycles. The fraction of sp³-hybridized carbons (Fsp3) is 0.500. The molecule has 1 atom stereocenters. The summed E-state index contributed by atoms with van der Waals surface area (Å²) in [7, 11) is 0.